The van der Waals surface area contributed by atoms with Crippen LogP contribution in [0.2, 0.25) is 0 Å². The maximum absolute atomic E-state index is 4.84. The summed E-state index contributed by atoms with van der Waals surface area (Å²) >= 11 is -0.132. The zero-order valence-corrected chi connectivity index (χ0v) is 4.88. The molecule has 0 saturated carbocycles. The third-order valence-corrected chi connectivity index (χ3v) is 1.72. The van der Waals surface area contributed by atoms with Gasteiger partial charge in [-0.2, -0.15) is 0 Å². The van der Waals surface area contributed by atoms with E-state index in [1.165, 1.54) is 0 Å². The first-order chi connectivity index (χ1) is 2.50. The van der Waals surface area contributed by atoms with Gasteiger partial charge in [0.2, 0.25) is 0 Å². The predicted molar refractivity (Wildman–Crippen MR) is 17.9 cm³/mol. The summed E-state index contributed by atoms with van der Waals surface area (Å²) in [6, 6.07) is 0. The molecular formula is C2H4NOTe+. The zero-order chi connectivity index (χ0) is 3.54. The van der Waals surface area contributed by atoms with Gasteiger partial charge >= 0.3 is 40.3 Å². The summed E-state index contributed by atoms with van der Waals surface area (Å²) in [7, 11) is 0. The van der Waals surface area contributed by atoms with Crippen molar-refractivity contribution in [2.24, 2.45) is 0 Å². The zero-order valence-electron chi connectivity index (χ0n) is 2.55. The second kappa shape index (κ2) is 1.78. The third-order valence-electron chi connectivity index (χ3n) is 0.324. The molecule has 0 aromatic carbocycles. The van der Waals surface area contributed by atoms with E-state index >= 15 is 0 Å². The van der Waals surface area contributed by atoms with E-state index in [1.807, 2.05) is 6.20 Å². The van der Waals surface area contributed by atoms with Crippen LogP contribution in [0, 0.1) is 0 Å². The summed E-state index contributed by atoms with van der Waals surface area (Å²) in [4.78, 5) is 0. The number of quaternary nitrogens is 1. The molecular weight excluding hydrogens is 182 g/mol. The standard InChI is InChI=1S/C2H3NOTe/c1-2-5-4-3-1/h1-3H/p+1. The fourth-order valence-corrected chi connectivity index (χ4v) is 1.08. The van der Waals surface area contributed by atoms with Crippen LogP contribution in [0.25, 0.3) is 0 Å². The van der Waals surface area contributed by atoms with Crippen LogP contribution in [-0.4, -0.2) is 21.3 Å². The predicted octanol–water partition coefficient (Wildman–Crippen LogP) is -1.41. The Hall–Kier alpha value is 0.450. The summed E-state index contributed by atoms with van der Waals surface area (Å²) in [5.41, 5.74) is 1.74. The molecule has 2 nitrogen and oxygen atoms in total. The molecule has 1 heterocycles. The monoisotopic (exact) mass is 188 g/mol. The van der Waals surface area contributed by atoms with E-state index in [4.69, 9.17) is 3.20 Å². The van der Waals surface area contributed by atoms with Crippen molar-refractivity contribution in [1.29, 1.82) is 0 Å². The van der Waals surface area contributed by atoms with Gasteiger partial charge in [0.05, 0.1) is 0 Å². The fourth-order valence-electron chi connectivity index (χ4n) is 0.160. The molecule has 1 aliphatic heterocycles. The third kappa shape index (κ3) is 0.899. The van der Waals surface area contributed by atoms with Crippen LogP contribution >= 0.6 is 0 Å². The van der Waals surface area contributed by atoms with Crippen molar-refractivity contribution in [1.82, 2.24) is 0 Å². The van der Waals surface area contributed by atoms with Gasteiger partial charge in [0.15, 0.2) is 0 Å². The Morgan fingerprint density at radius 2 is 2.80 bits per heavy atom. The first-order valence-corrected chi connectivity index (χ1v) is 3.60. The second-order valence-corrected chi connectivity index (χ2v) is 2.53. The molecule has 0 aromatic rings. The van der Waals surface area contributed by atoms with E-state index < -0.39 is 0 Å². The normalized spacial score (nSPS) is 20.8. The summed E-state index contributed by atoms with van der Waals surface area (Å²) < 4.78 is 6.93. The second-order valence-electron chi connectivity index (χ2n) is 0.657. The van der Waals surface area contributed by atoms with Gasteiger partial charge in [-0.3, -0.25) is 0 Å². The summed E-state index contributed by atoms with van der Waals surface area (Å²) in [6.45, 7) is 0. The Bertz CT molecular complexity index is 47.6. The van der Waals surface area contributed by atoms with Crippen LogP contribution in [0.5, 0.6) is 0 Å². The van der Waals surface area contributed by atoms with Gasteiger partial charge in [0, 0.05) is 0 Å². The Labute approximate surface area is 40.8 Å². The van der Waals surface area contributed by atoms with Gasteiger partial charge in [-0.1, -0.05) is 0 Å². The fraction of sp³-hybridized carbons (Fsp3) is 0. The van der Waals surface area contributed by atoms with Crippen molar-refractivity contribution >= 4 is 21.3 Å². The number of nitrogens with two attached hydrogens (primary N) is 1. The van der Waals surface area contributed by atoms with Crippen LogP contribution in [0.1, 0.15) is 0 Å². The Kier molecular flexibility index (Phi) is 1.30. The minimum absolute atomic E-state index is 0.132. The van der Waals surface area contributed by atoms with Gasteiger partial charge < -0.3 is 0 Å². The number of hydrogen-bond donors (Lipinski definition) is 1. The number of rotatable bonds is 0. The molecule has 0 spiro atoms. The van der Waals surface area contributed by atoms with Gasteiger partial charge in [-0.05, 0) is 0 Å². The minimum atomic E-state index is -0.132. The van der Waals surface area contributed by atoms with E-state index in [2.05, 4.69) is 4.12 Å². The summed E-state index contributed by atoms with van der Waals surface area (Å²) in [5, 5.41) is 0. The summed E-state index contributed by atoms with van der Waals surface area (Å²) in [6.07, 6.45) is 1.95. The number of hydrogen-bond acceptors (Lipinski definition) is 1. The van der Waals surface area contributed by atoms with Crippen molar-refractivity contribution in [3.8, 4) is 0 Å². The quantitative estimate of drug-likeness (QED) is 0.461. The SMILES string of the molecule is C1=C[Te]O[NH2+]1. The molecule has 3 heteroatoms. The molecule has 28 valence electrons. The molecule has 0 unspecified atom stereocenters. The van der Waals surface area contributed by atoms with Crippen LogP contribution in [0.3, 0.4) is 0 Å². The van der Waals surface area contributed by atoms with Crippen LogP contribution < -0.4 is 5.48 Å². The molecule has 5 heavy (non-hydrogen) atoms. The van der Waals surface area contributed by atoms with Gasteiger partial charge in [0.25, 0.3) is 0 Å². The molecule has 0 fully saturated rings. The van der Waals surface area contributed by atoms with Crippen molar-refractivity contribution < 1.29 is 8.68 Å². The first kappa shape index (κ1) is 3.63. The van der Waals surface area contributed by atoms with Crippen molar-refractivity contribution in [3.63, 3.8) is 0 Å². The van der Waals surface area contributed by atoms with Gasteiger partial charge in [-0.15, -0.1) is 0 Å². The van der Waals surface area contributed by atoms with Crippen molar-refractivity contribution in [3.05, 3.63) is 10.3 Å². The average Bonchev–Trinajstić information content (AvgIpc) is 1.76. The molecule has 1 aliphatic rings. The van der Waals surface area contributed by atoms with E-state index in [9.17, 15) is 0 Å². The molecule has 1 rings (SSSR count). The molecule has 0 saturated heterocycles. The Morgan fingerprint density at radius 3 is 3.00 bits per heavy atom. The number of hydroxylamine groups is 1. The summed E-state index contributed by atoms with van der Waals surface area (Å²) in [5.74, 6) is 0. The molecule has 0 bridgehead atoms. The van der Waals surface area contributed by atoms with Crippen LogP contribution in [0.4, 0.5) is 0 Å². The molecule has 0 amide bonds. The van der Waals surface area contributed by atoms with E-state index in [0.717, 1.165) is 0 Å². The van der Waals surface area contributed by atoms with E-state index in [1.54, 1.807) is 5.48 Å². The van der Waals surface area contributed by atoms with Crippen molar-refractivity contribution in [2.45, 2.75) is 0 Å². The van der Waals surface area contributed by atoms with Gasteiger partial charge in [0.1, 0.15) is 0 Å². The first-order valence-electron chi connectivity index (χ1n) is 1.30. The molecule has 0 radical (unpaired) electrons. The van der Waals surface area contributed by atoms with Crippen LogP contribution in [0.15, 0.2) is 10.3 Å². The Balaban J connectivity index is 2.32. The van der Waals surface area contributed by atoms with E-state index in [-0.39, 0.29) is 21.3 Å². The molecule has 2 N–H and O–H groups in total. The molecule has 0 aromatic heterocycles. The van der Waals surface area contributed by atoms with Crippen molar-refractivity contribution in [2.75, 3.05) is 0 Å². The topological polar surface area (TPSA) is 25.8 Å². The van der Waals surface area contributed by atoms with Crippen LogP contribution in [-0.2, 0) is 3.20 Å². The van der Waals surface area contributed by atoms with E-state index in [0.29, 0.717) is 0 Å². The Morgan fingerprint density at radius 1 is 1.80 bits per heavy atom. The van der Waals surface area contributed by atoms with Gasteiger partial charge in [-0.25, -0.2) is 0 Å². The molecule has 0 atom stereocenters. The molecule has 0 aliphatic carbocycles. The maximum atomic E-state index is 4.84. The average molecular weight is 186 g/mol.